The fourth-order valence-corrected chi connectivity index (χ4v) is 6.50. The summed E-state index contributed by atoms with van der Waals surface area (Å²) in [5, 5.41) is 5.77. The molecule has 1 heterocycles. The molecule has 3 N–H and O–H groups in total. The van der Waals surface area contributed by atoms with Crippen LogP contribution >= 0.6 is 0 Å². The fourth-order valence-electron chi connectivity index (χ4n) is 5.51. The molecule has 1 aromatic heterocycles. The van der Waals surface area contributed by atoms with Gasteiger partial charge in [0.15, 0.2) is 0 Å². The highest BCUT2D eigenvalue weighted by molar-refractivity contribution is 7.90. The number of rotatable bonds is 11. The quantitative estimate of drug-likeness (QED) is 0.131. The van der Waals surface area contributed by atoms with Crippen molar-refractivity contribution in [2.24, 2.45) is 0 Å². The Kier molecular flexibility index (Phi) is 9.63. The summed E-state index contributed by atoms with van der Waals surface area (Å²) in [6.45, 7) is 2.70. The number of amides is 3. The number of unbranched alkanes of at least 4 members (excludes halogenated alkanes) is 1. The third-order valence-corrected chi connectivity index (χ3v) is 9.28. The summed E-state index contributed by atoms with van der Waals surface area (Å²) in [4.78, 5) is 30.8. The van der Waals surface area contributed by atoms with E-state index in [1.54, 1.807) is 36.4 Å². The summed E-state index contributed by atoms with van der Waals surface area (Å²) in [6, 6.07) is 37.2. The second-order valence-corrected chi connectivity index (χ2v) is 13.0. The van der Waals surface area contributed by atoms with Crippen LogP contribution in [0.4, 0.5) is 16.2 Å². The lowest BCUT2D eigenvalue weighted by Gasteiger charge is -2.13. The number of nitrogens with one attached hydrogen (secondary N) is 3. The number of carbonyl (C=O) groups excluding carboxylic acids is 2. The minimum Gasteiger partial charge on any atom is -0.323 e. The number of carbonyl (C=O) groups is 2. The number of nitrogens with zero attached hydrogens (tertiary/aromatic N) is 2. The molecule has 0 bridgehead atoms. The van der Waals surface area contributed by atoms with Crippen molar-refractivity contribution in [3.05, 3.63) is 144 Å². The Labute approximate surface area is 279 Å². The lowest BCUT2D eigenvalue weighted by Crippen LogP contribution is -2.30. The van der Waals surface area contributed by atoms with Gasteiger partial charge in [0.05, 0.1) is 15.9 Å². The molecule has 0 spiro atoms. The van der Waals surface area contributed by atoms with E-state index in [0.717, 1.165) is 47.2 Å². The molecule has 0 saturated carbocycles. The van der Waals surface area contributed by atoms with Crippen LogP contribution in [0.3, 0.4) is 0 Å². The standard InChI is InChI=1S/C38H35N5O4S/c1-2-3-18-36-41-34-24-23-30(40-38(45)39-29-12-6-4-7-13-29)25-35(34)43(36)26-27-19-21-28(22-20-27)32-16-10-11-17-33(32)37(44)42-48(46,47)31-14-8-5-9-15-31/h4-17,19-25H,2-3,18,26H2,1H3,(H,42,44)(H2,39,40,45). The smallest absolute Gasteiger partial charge is 0.323 e. The van der Waals surface area contributed by atoms with Crippen LogP contribution in [0, 0.1) is 0 Å². The molecule has 0 fully saturated rings. The van der Waals surface area contributed by atoms with Crippen molar-refractivity contribution in [3.8, 4) is 11.1 Å². The zero-order valence-corrected chi connectivity index (χ0v) is 27.2. The first-order valence-corrected chi connectivity index (χ1v) is 17.2. The van der Waals surface area contributed by atoms with Crippen molar-refractivity contribution in [1.29, 1.82) is 0 Å². The monoisotopic (exact) mass is 657 g/mol. The summed E-state index contributed by atoms with van der Waals surface area (Å²) in [6.07, 6.45) is 2.84. The van der Waals surface area contributed by atoms with Gasteiger partial charge in [-0.1, -0.05) is 92.2 Å². The highest BCUT2D eigenvalue weighted by atomic mass is 32.2. The van der Waals surface area contributed by atoms with Crippen molar-refractivity contribution in [2.75, 3.05) is 10.6 Å². The molecule has 0 aliphatic heterocycles. The van der Waals surface area contributed by atoms with Crippen LogP contribution in [0.15, 0.2) is 132 Å². The number of para-hydroxylation sites is 1. The molecular weight excluding hydrogens is 623 g/mol. The molecule has 0 unspecified atom stereocenters. The number of imidazole rings is 1. The maximum absolute atomic E-state index is 13.2. The number of anilines is 2. The maximum atomic E-state index is 13.2. The molecule has 10 heteroatoms. The number of sulfonamides is 1. The zero-order chi connectivity index (χ0) is 33.5. The van der Waals surface area contributed by atoms with Crippen molar-refractivity contribution in [3.63, 3.8) is 0 Å². The largest absolute Gasteiger partial charge is 0.323 e. The highest BCUT2D eigenvalue weighted by Gasteiger charge is 2.21. The number of fused-ring (bicyclic) bond motifs is 1. The van der Waals surface area contributed by atoms with Crippen LogP contribution in [0.1, 0.15) is 41.5 Å². The predicted molar refractivity (Wildman–Crippen MR) is 190 cm³/mol. The van der Waals surface area contributed by atoms with E-state index in [1.165, 1.54) is 12.1 Å². The minimum atomic E-state index is -4.03. The summed E-state index contributed by atoms with van der Waals surface area (Å²) in [5.41, 5.74) is 5.77. The van der Waals surface area contributed by atoms with E-state index in [2.05, 4.69) is 26.8 Å². The van der Waals surface area contributed by atoms with E-state index in [9.17, 15) is 18.0 Å². The minimum absolute atomic E-state index is 0.0175. The molecule has 48 heavy (non-hydrogen) atoms. The van der Waals surface area contributed by atoms with Crippen molar-refractivity contribution >= 4 is 44.4 Å². The van der Waals surface area contributed by atoms with Gasteiger partial charge in [0.25, 0.3) is 15.9 Å². The molecular formula is C38H35N5O4S. The highest BCUT2D eigenvalue weighted by Crippen LogP contribution is 2.27. The van der Waals surface area contributed by atoms with Gasteiger partial charge in [-0.3, -0.25) is 4.79 Å². The molecule has 3 amide bonds. The number of aromatic nitrogens is 2. The Morgan fingerprint density at radius 3 is 2.15 bits per heavy atom. The molecule has 9 nitrogen and oxygen atoms in total. The van der Waals surface area contributed by atoms with Gasteiger partial charge in [0.2, 0.25) is 0 Å². The third kappa shape index (κ3) is 7.45. The Hall–Kier alpha value is -5.74. The Morgan fingerprint density at radius 2 is 1.42 bits per heavy atom. The zero-order valence-electron chi connectivity index (χ0n) is 26.4. The van der Waals surface area contributed by atoms with Gasteiger partial charge < -0.3 is 15.2 Å². The van der Waals surface area contributed by atoms with E-state index in [0.29, 0.717) is 23.5 Å². The average Bonchev–Trinajstić information content (AvgIpc) is 3.44. The number of hydrogen-bond donors (Lipinski definition) is 3. The molecule has 0 radical (unpaired) electrons. The Bertz CT molecular complexity index is 2160. The molecule has 6 aromatic rings. The van der Waals surface area contributed by atoms with Crippen LogP contribution in [0.5, 0.6) is 0 Å². The lowest BCUT2D eigenvalue weighted by atomic mass is 9.98. The van der Waals surface area contributed by atoms with Crippen LogP contribution < -0.4 is 15.4 Å². The van der Waals surface area contributed by atoms with E-state index >= 15 is 0 Å². The van der Waals surface area contributed by atoms with Gasteiger partial charge in [-0.25, -0.2) is 22.9 Å². The van der Waals surface area contributed by atoms with Gasteiger partial charge in [0, 0.05) is 29.9 Å². The molecule has 0 aliphatic carbocycles. The predicted octanol–water partition coefficient (Wildman–Crippen LogP) is 7.86. The maximum Gasteiger partial charge on any atom is 0.323 e. The van der Waals surface area contributed by atoms with E-state index < -0.39 is 15.9 Å². The molecule has 0 atom stereocenters. The second kappa shape index (κ2) is 14.4. The summed E-state index contributed by atoms with van der Waals surface area (Å²) in [7, 11) is -4.03. The average molecular weight is 658 g/mol. The number of aryl methyl sites for hydroxylation is 1. The summed E-state index contributed by atoms with van der Waals surface area (Å²) < 4.78 is 30.0. The molecule has 242 valence electrons. The first-order valence-electron chi connectivity index (χ1n) is 15.7. The summed E-state index contributed by atoms with van der Waals surface area (Å²) >= 11 is 0. The van der Waals surface area contributed by atoms with Crippen LogP contribution in [-0.4, -0.2) is 29.9 Å². The molecule has 6 rings (SSSR count). The fraction of sp³-hybridized carbons (Fsp3) is 0.132. The van der Waals surface area contributed by atoms with Gasteiger partial charge in [-0.2, -0.15) is 0 Å². The van der Waals surface area contributed by atoms with Crippen LogP contribution in [0.25, 0.3) is 22.2 Å². The topological polar surface area (TPSA) is 122 Å². The SMILES string of the molecule is CCCCc1nc2ccc(NC(=O)Nc3ccccc3)cc2n1Cc1ccc(-c2ccccc2C(=O)NS(=O)(=O)c2ccccc2)cc1. The number of urea groups is 1. The normalized spacial score (nSPS) is 11.3. The van der Waals surface area contributed by atoms with E-state index in [4.69, 9.17) is 4.98 Å². The number of benzene rings is 5. The van der Waals surface area contributed by atoms with Crippen LogP contribution in [0.2, 0.25) is 0 Å². The first kappa shape index (κ1) is 32.2. The lowest BCUT2D eigenvalue weighted by molar-refractivity contribution is 0.0982. The Balaban J connectivity index is 1.24. The van der Waals surface area contributed by atoms with Gasteiger partial charge in [-0.15, -0.1) is 0 Å². The second-order valence-electron chi connectivity index (χ2n) is 11.4. The van der Waals surface area contributed by atoms with E-state index in [1.807, 2.05) is 78.9 Å². The van der Waals surface area contributed by atoms with Crippen molar-refractivity contribution < 1.29 is 18.0 Å². The van der Waals surface area contributed by atoms with E-state index in [-0.39, 0.29) is 16.5 Å². The molecule has 5 aromatic carbocycles. The van der Waals surface area contributed by atoms with Crippen LogP contribution in [-0.2, 0) is 23.0 Å². The summed E-state index contributed by atoms with van der Waals surface area (Å²) in [5.74, 6) is 0.259. The van der Waals surface area contributed by atoms with Crippen molar-refractivity contribution in [1.82, 2.24) is 14.3 Å². The molecule has 0 aliphatic rings. The molecule has 0 saturated heterocycles. The Morgan fingerprint density at radius 1 is 0.750 bits per heavy atom. The van der Waals surface area contributed by atoms with Gasteiger partial charge in [-0.05, 0) is 71.6 Å². The third-order valence-electron chi connectivity index (χ3n) is 7.93. The van der Waals surface area contributed by atoms with Gasteiger partial charge in [0.1, 0.15) is 5.82 Å². The number of hydrogen-bond acceptors (Lipinski definition) is 5. The van der Waals surface area contributed by atoms with Gasteiger partial charge >= 0.3 is 6.03 Å². The first-order chi connectivity index (χ1) is 23.3. The van der Waals surface area contributed by atoms with Crippen molar-refractivity contribution in [2.45, 2.75) is 37.6 Å².